The van der Waals surface area contributed by atoms with Crippen LogP contribution in [0, 0.1) is 0 Å². The molecule has 2 unspecified atom stereocenters. The number of hydrogen-bond acceptors (Lipinski definition) is 4. The van der Waals surface area contributed by atoms with Gasteiger partial charge in [0.15, 0.2) is 6.04 Å². The van der Waals surface area contributed by atoms with Crippen molar-refractivity contribution in [2.24, 2.45) is 4.99 Å². The Morgan fingerprint density at radius 3 is 1.85 bits per heavy atom. The number of hydrogen-bond donors (Lipinski definition) is 1. The molecule has 1 N–H and O–H groups in total. The van der Waals surface area contributed by atoms with Crippen molar-refractivity contribution >= 4 is 34.9 Å². The molecule has 5 aromatic rings. The number of amides is 1. The second-order valence-corrected chi connectivity index (χ2v) is 12.1. The minimum atomic E-state index is -1.20. The van der Waals surface area contributed by atoms with E-state index in [0.717, 1.165) is 29.7 Å². The van der Waals surface area contributed by atoms with Crippen LogP contribution in [0.4, 0.5) is 5.69 Å². The van der Waals surface area contributed by atoms with Gasteiger partial charge in [-0.1, -0.05) is 167 Å². The van der Waals surface area contributed by atoms with Crippen LogP contribution in [0.25, 0.3) is 5.32 Å². The predicted molar refractivity (Wildman–Crippen MR) is 210 cm³/mol. The van der Waals surface area contributed by atoms with Crippen LogP contribution in [0.2, 0.25) is 5.02 Å². The van der Waals surface area contributed by atoms with Gasteiger partial charge in [-0.25, -0.2) is 4.79 Å². The number of carboxylic acids is 1. The van der Waals surface area contributed by atoms with Gasteiger partial charge in [0.25, 0.3) is 0 Å². The molecule has 1 aliphatic heterocycles. The zero-order chi connectivity index (χ0) is 36.6. The van der Waals surface area contributed by atoms with Gasteiger partial charge in [-0.2, -0.15) is 0 Å². The number of halogens is 1. The Morgan fingerprint density at radius 1 is 0.788 bits per heavy atom. The molecule has 1 saturated heterocycles. The molecule has 1 fully saturated rings. The van der Waals surface area contributed by atoms with Gasteiger partial charge in [-0.15, -0.1) is 5.69 Å². The van der Waals surface area contributed by atoms with Crippen LogP contribution in [0.5, 0.6) is 0 Å². The molecule has 52 heavy (non-hydrogen) atoms. The summed E-state index contributed by atoms with van der Waals surface area (Å²) < 4.78 is 0. The molecule has 2 atom stereocenters. The maximum atomic E-state index is 13.8. The molecular formula is C44H47ClN3NiO3+. The minimum absolute atomic E-state index is 0. The van der Waals surface area contributed by atoms with Crippen LogP contribution in [0.15, 0.2) is 145 Å². The summed E-state index contributed by atoms with van der Waals surface area (Å²) in [6, 6.07) is 42.2. The Bertz CT molecular complexity index is 1800. The van der Waals surface area contributed by atoms with E-state index in [2.05, 4.69) is 22.3 Å². The molecule has 6 rings (SSSR count). The van der Waals surface area contributed by atoms with Gasteiger partial charge in [0.2, 0.25) is 0 Å². The quantitative estimate of drug-likeness (QED) is 0.107. The average molecular weight is 760 g/mol. The number of carbonyl (C=O) groups is 2. The fourth-order valence-electron chi connectivity index (χ4n) is 6.29. The average Bonchev–Trinajstić information content (AvgIpc) is 3.65. The molecule has 8 heteroatoms. The van der Waals surface area contributed by atoms with E-state index < -0.39 is 17.9 Å². The smallest absolute Gasteiger partial charge is 0.625 e. The van der Waals surface area contributed by atoms with Crippen molar-refractivity contribution in [3.63, 3.8) is 0 Å². The topological polar surface area (TPSA) is 84.1 Å². The van der Waals surface area contributed by atoms with Gasteiger partial charge >= 0.3 is 22.5 Å². The van der Waals surface area contributed by atoms with Crippen LogP contribution in [-0.2, 0) is 32.6 Å². The Morgan fingerprint density at radius 2 is 1.31 bits per heavy atom. The number of likely N-dealkylation sites (tertiary alicyclic amines) is 1. The second kappa shape index (κ2) is 21.7. The third kappa shape index (κ3) is 11.0. The van der Waals surface area contributed by atoms with E-state index in [1.165, 1.54) is 0 Å². The third-order valence-electron chi connectivity index (χ3n) is 8.52. The van der Waals surface area contributed by atoms with Crippen molar-refractivity contribution in [2.45, 2.75) is 65.1 Å². The monoisotopic (exact) mass is 758 g/mol. The molecular weight excluding hydrogens is 713 g/mol. The summed E-state index contributed by atoms with van der Waals surface area (Å²) in [6.45, 7) is 9.48. The third-order valence-corrected chi connectivity index (χ3v) is 8.76. The Labute approximate surface area is 323 Å². The molecule has 1 heterocycles. The summed E-state index contributed by atoms with van der Waals surface area (Å²) >= 11 is 6.57. The van der Waals surface area contributed by atoms with Crippen molar-refractivity contribution in [1.82, 2.24) is 4.90 Å². The number of benzene rings is 5. The normalized spacial score (nSPS) is 14.5. The molecule has 1 aliphatic rings. The zero-order valence-electron chi connectivity index (χ0n) is 30.1. The van der Waals surface area contributed by atoms with Gasteiger partial charge in [0, 0.05) is 23.0 Å². The van der Waals surface area contributed by atoms with Gasteiger partial charge in [0.1, 0.15) is 0 Å². The Hall–Kier alpha value is -4.55. The van der Waals surface area contributed by atoms with Crippen molar-refractivity contribution in [1.29, 1.82) is 0 Å². The SMILES string of the molecule is CC.CC.O=C(O)C(N=C(c1ccccc1)c1cc(Cl)ccc1[N-]C(=O)C1CCCN1Cc1ccccc1)C(c1ccccc1)c1ccccc1.[Ni+2]. The predicted octanol–water partition coefficient (Wildman–Crippen LogP) is 10.7. The van der Waals surface area contributed by atoms with Crippen molar-refractivity contribution < 1.29 is 31.2 Å². The van der Waals surface area contributed by atoms with Crippen LogP contribution in [0.1, 0.15) is 74.3 Å². The first-order valence-corrected chi connectivity index (χ1v) is 18.1. The summed E-state index contributed by atoms with van der Waals surface area (Å²) in [7, 11) is 0. The van der Waals surface area contributed by atoms with E-state index in [1.807, 2.05) is 137 Å². The minimum Gasteiger partial charge on any atom is -0.625 e. The van der Waals surface area contributed by atoms with Crippen LogP contribution >= 0.6 is 11.6 Å². The summed E-state index contributed by atoms with van der Waals surface area (Å²) in [5.74, 6) is -1.90. The van der Waals surface area contributed by atoms with Crippen molar-refractivity contribution in [3.8, 4) is 0 Å². The van der Waals surface area contributed by atoms with E-state index in [-0.39, 0.29) is 28.4 Å². The first kappa shape index (κ1) is 41.9. The maximum absolute atomic E-state index is 13.8. The molecule has 0 spiro atoms. The summed E-state index contributed by atoms with van der Waals surface area (Å²) in [5, 5.41) is 15.8. The first-order valence-electron chi connectivity index (χ1n) is 17.8. The van der Waals surface area contributed by atoms with E-state index in [4.69, 9.17) is 16.6 Å². The Kier molecular flexibility index (Phi) is 17.5. The molecule has 0 aliphatic carbocycles. The number of carboxylic acid groups (broad SMARTS) is 1. The number of carbonyl (C=O) groups excluding carboxylic acids is 1. The van der Waals surface area contributed by atoms with Gasteiger partial charge in [0.05, 0.1) is 17.7 Å². The number of nitrogens with zero attached hydrogens (tertiary/aromatic N) is 3. The van der Waals surface area contributed by atoms with Crippen LogP contribution < -0.4 is 0 Å². The molecule has 1 amide bonds. The summed E-state index contributed by atoms with van der Waals surface area (Å²) in [5.41, 5.74) is 4.78. The van der Waals surface area contributed by atoms with Crippen LogP contribution in [-0.4, -0.2) is 46.2 Å². The number of aliphatic imine (C=N–C) groups is 1. The van der Waals surface area contributed by atoms with E-state index in [0.29, 0.717) is 40.5 Å². The van der Waals surface area contributed by atoms with Crippen molar-refractivity contribution in [3.05, 3.63) is 178 Å². The summed E-state index contributed by atoms with van der Waals surface area (Å²) in [6.07, 6.45) is 1.62. The largest absolute Gasteiger partial charge is 2.00 e. The Balaban J connectivity index is 0.00000141. The van der Waals surface area contributed by atoms with Crippen molar-refractivity contribution in [2.75, 3.05) is 6.54 Å². The molecule has 5 aromatic carbocycles. The molecule has 0 aromatic heterocycles. The van der Waals surface area contributed by atoms with Gasteiger partial charge < -0.3 is 15.2 Å². The van der Waals surface area contributed by atoms with E-state index >= 15 is 0 Å². The van der Waals surface area contributed by atoms with E-state index in [9.17, 15) is 14.7 Å². The second-order valence-electron chi connectivity index (χ2n) is 11.7. The fourth-order valence-corrected chi connectivity index (χ4v) is 6.46. The standard InChI is InChI=1S/C40H36ClN3O3.2C2H6.Ni/c41-32-23-24-34(42-39(45)35-22-13-25-44(35)27-28-14-5-1-6-15-28)33(26-32)37(31-20-11-4-12-21-31)43-38(40(46)47)36(29-16-7-2-8-17-29)30-18-9-3-10-19-30;2*1-2;/h1-12,14-21,23-24,26,35-36,38H,13,22,25,27H2,(H2,42,43,45,46,47);2*1-2H3;/q;;;+2/p-1. The van der Waals surface area contributed by atoms with Gasteiger partial charge in [-0.05, 0) is 53.8 Å². The molecule has 0 saturated carbocycles. The van der Waals surface area contributed by atoms with Gasteiger partial charge in [-0.3, -0.25) is 9.89 Å². The molecule has 0 radical (unpaired) electrons. The molecule has 6 nitrogen and oxygen atoms in total. The van der Waals surface area contributed by atoms with E-state index in [1.54, 1.807) is 18.2 Å². The zero-order valence-corrected chi connectivity index (χ0v) is 31.9. The number of aliphatic carboxylic acids is 1. The molecule has 0 bridgehead atoms. The number of rotatable bonds is 11. The molecule has 272 valence electrons. The maximum Gasteiger partial charge on any atom is 2.00 e. The first-order chi connectivity index (χ1) is 25.0. The fraction of sp³-hybridized carbons (Fsp3) is 0.250. The van der Waals surface area contributed by atoms with Crippen LogP contribution in [0.3, 0.4) is 0 Å². The summed E-state index contributed by atoms with van der Waals surface area (Å²) in [4.78, 5) is 34.2.